The standard InChI is InChI=1S/C54H99NO5/c1-3-5-7-9-11-13-15-16-17-18-19-22-25-28-32-36-40-44-48-54(59)60-49-45-41-37-33-29-26-23-20-21-24-27-31-35-39-43-47-53(58)55-51(50-56)52(57)46-42-38-34-30-14-12-10-8-6-4-2/h17-18,20,23,26,29,42,46,51-52,56-57H,3-16,19,21-22,24-25,27-28,30-41,43-45,47-50H2,1-2H3,(H,55,58)/b18-17-,23-20-,29-26-,46-42+. The number of hydrogen-bond acceptors (Lipinski definition) is 5. The van der Waals surface area contributed by atoms with E-state index in [1.165, 1.54) is 154 Å². The van der Waals surface area contributed by atoms with Crippen LogP contribution in [0, 0.1) is 0 Å². The van der Waals surface area contributed by atoms with Crippen LogP contribution in [0.3, 0.4) is 0 Å². The van der Waals surface area contributed by atoms with E-state index in [1.807, 2.05) is 6.08 Å². The lowest BCUT2D eigenvalue weighted by atomic mass is 10.1. The van der Waals surface area contributed by atoms with E-state index < -0.39 is 12.1 Å². The maximum absolute atomic E-state index is 12.4. The molecular weight excluding hydrogens is 743 g/mol. The molecule has 0 aromatic rings. The molecule has 2 unspecified atom stereocenters. The Kier molecular flexibility index (Phi) is 47.7. The molecule has 3 N–H and O–H groups in total. The summed E-state index contributed by atoms with van der Waals surface area (Å²) in [5, 5.41) is 22.9. The van der Waals surface area contributed by atoms with Crippen molar-refractivity contribution in [3.63, 3.8) is 0 Å². The summed E-state index contributed by atoms with van der Waals surface area (Å²) in [6, 6.07) is -0.643. The molecule has 0 spiro atoms. The Bertz CT molecular complexity index is 1020. The van der Waals surface area contributed by atoms with E-state index in [1.54, 1.807) is 6.08 Å². The smallest absolute Gasteiger partial charge is 0.305 e. The second kappa shape index (κ2) is 49.5. The average molecular weight is 842 g/mol. The highest BCUT2D eigenvalue weighted by molar-refractivity contribution is 5.76. The van der Waals surface area contributed by atoms with Crippen LogP contribution in [0.25, 0.3) is 0 Å². The molecule has 0 aromatic heterocycles. The molecule has 0 aliphatic rings. The molecule has 0 aliphatic heterocycles. The number of aliphatic hydroxyl groups is 2. The zero-order chi connectivity index (χ0) is 43.7. The summed E-state index contributed by atoms with van der Waals surface area (Å²) in [5.41, 5.74) is 0. The van der Waals surface area contributed by atoms with Crippen LogP contribution in [0.1, 0.15) is 258 Å². The van der Waals surface area contributed by atoms with Crippen molar-refractivity contribution in [3.05, 3.63) is 48.6 Å². The fraction of sp³-hybridized carbons (Fsp3) is 0.815. The van der Waals surface area contributed by atoms with E-state index in [-0.39, 0.29) is 18.5 Å². The Hall–Kier alpha value is -2.18. The van der Waals surface area contributed by atoms with Gasteiger partial charge in [0.15, 0.2) is 0 Å². The third kappa shape index (κ3) is 45.3. The van der Waals surface area contributed by atoms with Crippen LogP contribution < -0.4 is 5.32 Å². The minimum atomic E-state index is -0.857. The highest BCUT2D eigenvalue weighted by Crippen LogP contribution is 2.14. The first-order valence-electron chi connectivity index (χ1n) is 25.9. The van der Waals surface area contributed by atoms with Crippen molar-refractivity contribution in [1.29, 1.82) is 0 Å². The van der Waals surface area contributed by atoms with E-state index in [9.17, 15) is 19.8 Å². The van der Waals surface area contributed by atoms with E-state index in [2.05, 4.69) is 55.6 Å². The summed E-state index contributed by atoms with van der Waals surface area (Å²) < 4.78 is 5.45. The van der Waals surface area contributed by atoms with Crippen LogP contribution in [0.5, 0.6) is 0 Å². The van der Waals surface area contributed by atoms with Crippen LogP contribution >= 0.6 is 0 Å². The van der Waals surface area contributed by atoms with Gasteiger partial charge in [0.05, 0.1) is 25.4 Å². The van der Waals surface area contributed by atoms with Gasteiger partial charge in [-0.05, 0) is 89.9 Å². The first kappa shape index (κ1) is 57.8. The van der Waals surface area contributed by atoms with Crippen molar-refractivity contribution in [2.45, 2.75) is 270 Å². The number of rotatable bonds is 47. The Labute approximate surface area is 372 Å². The number of nitrogens with one attached hydrogen (secondary N) is 1. The summed E-state index contributed by atoms with van der Waals surface area (Å²) in [7, 11) is 0. The molecule has 0 radical (unpaired) electrons. The van der Waals surface area contributed by atoms with Crippen molar-refractivity contribution in [1.82, 2.24) is 5.32 Å². The predicted molar refractivity (Wildman–Crippen MR) is 259 cm³/mol. The topological polar surface area (TPSA) is 95.9 Å². The summed E-state index contributed by atoms with van der Waals surface area (Å²) in [5.74, 6) is -0.121. The Balaban J connectivity index is 3.52. The molecule has 60 heavy (non-hydrogen) atoms. The van der Waals surface area contributed by atoms with Gasteiger partial charge >= 0.3 is 5.97 Å². The first-order valence-corrected chi connectivity index (χ1v) is 25.9. The monoisotopic (exact) mass is 842 g/mol. The zero-order valence-electron chi connectivity index (χ0n) is 39.7. The average Bonchev–Trinajstić information content (AvgIpc) is 3.25. The van der Waals surface area contributed by atoms with Gasteiger partial charge in [0, 0.05) is 12.8 Å². The predicted octanol–water partition coefficient (Wildman–Crippen LogP) is 15.5. The Morgan fingerprint density at radius 2 is 0.833 bits per heavy atom. The molecule has 0 saturated heterocycles. The van der Waals surface area contributed by atoms with Gasteiger partial charge in [-0.15, -0.1) is 0 Å². The molecule has 6 nitrogen and oxygen atoms in total. The van der Waals surface area contributed by atoms with Gasteiger partial charge in [-0.1, -0.05) is 204 Å². The van der Waals surface area contributed by atoms with Crippen LogP contribution in [0.2, 0.25) is 0 Å². The van der Waals surface area contributed by atoms with Gasteiger partial charge in [-0.3, -0.25) is 9.59 Å². The molecule has 0 bridgehead atoms. The van der Waals surface area contributed by atoms with Crippen molar-refractivity contribution in [2.75, 3.05) is 13.2 Å². The molecule has 0 heterocycles. The SMILES string of the molecule is CCCCCCCCC/C=C\CCCCCCCCCC(=O)OCCCCC/C=C\C=C/CCCCCCCCC(=O)NC(CO)C(O)/C=C/CCCCCCCCCC. The lowest BCUT2D eigenvalue weighted by molar-refractivity contribution is -0.143. The van der Waals surface area contributed by atoms with Crippen molar-refractivity contribution < 1.29 is 24.5 Å². The summed E-state index contributed by atoms with van der Waals surface area (Å²) in [4.78, 5) is 24.4. The third-order valence-electron chi connectivity index (χ3n) is 11.6. The van der Waals surface area contributed by atoms with E-state index >= 15 is 0 Å². The number of ether oxygens (including phenoxy) is 1. The second-order valence-electron chi connectivity index (χ2n) is 17.5. The van der Waals surface area contributed by atoms with E-state index in [0.717, 1.165) is 77.0 Å². The van der Waals surface area contributed by atoms with Crippen molar-refractivity contribution in [3.8, 4) is 0 Å². The zero-order valence-corrected chi connectivity index (χ0v) is 39.7. The van der Waals surface area contributed by atoms with E-state index in [0.29, 0.717) is 19.4 Å². The second-order valence-corrected chi connectivity index (χ2v) is 17.5. The van der Waals surface area contributed by atoms with Gasteiger partial charge in [-0.2, -0.15) is 0 Å². The summed E-state index contributed by atoms with van der Waals surface area (Å²) in [6.45, 7) is 4.81. The fourth-order valence-corrected chi connectivity index (χ4v) is 7.56. The van der Waals surface area contributed by atoms with Crippen molar-refractivity contribution >= 4 is 11.9 Å². The highest BCUT2D eigenvalue weighted by Gasteiger charge is 2.18. The van der Waals surface area contributed by atoms with Crippen LogP contribution in [0.15, 0.2) is 48.6 Å². The van der Waals surface area contributed by atoms with Crippen LogP contribution in [0.4, 0.5) is 0 Å². The number of carbonyl (C=O) groups excluding carboxylic acids is 2. The number of aliphatic hydroxyl groups excluding tert-OH is 2. The lowest BCUT2D eigenvalue weighted by Gasteiger charge is -2.20. The maximum Gasteiger partial charge on any atom is 0.305 e. The van der Waals surface area contributed by atoms with Gasteiger partial charge in [0.25, 0.3) is 0 Å². The number of hydrogen-bond donors (Lipinski definition) is 3. The number of carbonyl (C=O) groups is 2. The van der Waals surface area contributed by atoms with Gasteiger partial charge in [0.2, 0.25) is 5.91 Å². The van der Waals surface area contributed by atoms with Gasteiger partial charge < -0.3 is 20.3 Å². The highest BCUT2D eigenvalue weighted by atomic mass is 16.5. The fourth-order valence-electron chi connectivity index (χ4n) is 7.56. The molecule has 350 valence electrons. The number of unbranched alkanes of at least 4 members (excludes halogenated alkanes) is 31. The number of amides is 1. The maximum atomic E-state index is 12.4. The van der Waals surface area contributed by atoms with E-state index in [4.69, 9.17) is 4.74 Å². The van der Waals surface area contributed by atoms with Gasteiger partial charge in [-0.25, -0.2) is 0 Å². The quantitative estimate of drug-likeness (QED) is 0.0245. The number of allylic oxidation sites excluding steroid dienone is 7. The Morgan fingerprint density at radius 3 is 1.28 bits per heavy atom. The van der Waals surface area contributed by atoms with Crippen LogP contribution in [-0.2, 0) is 14.3 Å². The lowest BCUT2D eigenvalue weighted by Crippen LogP contribution is -2.45. The Morgan fingerprint density at radius 1 is 0.467 bits per heavy atom. The molecule has 0 rings (SSSR count). The minimum Gasteiger partial charge on any atom is -0.466 e. The molecule has 0 aliphatic carbocycles. The minimum absolute atomic E-state index is 0.0269. The largest absolute Gasteiger partial charge is 0.466 e. The van der Waals surface area contributed by atoms with Crippen molar-refractivity contribution in [2.24, 2.45) is 0 Å². The van der Waals surface area contributed by atoms with Gasteiger partial charge in [0.1, 0.15) is 0 Å². The molecule has 6 heteroatoms. The molecule has 0 fully saturated rings. The summed E-state index contributed by atoms with van der Waals surface area (Å²) in [6.07, 6.45) is 61.2. The third-order valence-corrected chi connectivity index (χ3v) is 11.6. The molecular formula is C54H99NO5. The number of esters is 1. The first-order chi connectivity index (χ1) is 29.5. The van der Waals surface area contributed by atoms with Crippen LogP contribution in [-0.4, -0.2) is 47.4 Å². The molecule has 0 aromatic carbocycles. The molecule has 0 saturated carbocycles. The molecule has 1 amide bonds. The normalized spacial score (nSPS) is 13.1. The summed E-state index contributed by atoms with van der Waals surface area (Å²) >= 11 is 0. The molecule has 2 atom stereocenters.